The molecule has 1 aliphatic carbocycles. The highest BCUT2D eigenvalue weighted by Gasteiger charge is 2.50. The third kappa shape index (κ3) is 4.57. The van der Waals surface area contributed by atoms with Crippen molar-refractivity contribution >= 4 is 17.5 Å². The summed E-state index contributed by atoms with van der Waals surface area (Å²) in [5, 5.41) is 4.87. The van der Waals surface area contributed by atoms with Crippen LogP contribution in [0.2, 0.25) is 5.02 Å². The van der Waals surface area contributed by atoms with Gasteiger partial charge in [-0.15, -0.1) is 0 Å². The van der Waals surface area contributed by atoms with Crippen LogP contribution in [0.4, 0.5) is 13.2 Å². The number of likely N-dealkylation sites (tertiary alicyclic amines) is 2. The predicted molar refractivity (Wildman–Crippen MR) is 134 cm³/mol. The molecular weight excluding hydrogens is 503 g/mol. The Morgan fingerprint density at radius 3 is 2.46 bits per heavy atom. The summed E-state index contributed by atoms with van der Waals surface area (Å²) in [6.45, 7) is 3.98. The van der Waals surface area contributed by atoms with Crippen molar-refractivity contribution in [2.75, 3.05) is 26.7 Å². The second kappa shape index (κ2) is 9.27. The average molecular weight is 536 g/mol. The lowest BCUT2D eigenvalue weighted by Gasteiger charge is -2.45. The van der Waals surface area contributed by atoms with Crippen molar-refractivity contribution < 1.29 is 18.0 Å². The van der Waals surface area contributed by atoms with Crippen molar-refractivity contribution in [1.82, 2.24) is 24.5 Å². The number of carbonyl (C=O) groups is 1. The standard InChI is InChI=1S/C27H33ClF3N5O/c1-16-4-3-5-20(25(16)28)26-22(36-18-8-9-19(36)14-33(2)13-18)10-11-34(26)24(37)15-35-23(27(29,30)31)12-21(32-35)17-6-7-17/h3-5,12,17-19,22,26H,6-11,13-15H2,1-2H3/t18?,19?,22-,26-/m0/s1. The number of amides is 1. The van der Waals surface area contributed by atoms with E-state index in [9.17, 15) is 18.0 Å². The number of benzene rings is 1. The van der Waals surface area contributed by atoms with Gasteiger partial charge >= 0.3 is 6.18 Å². The molecule has 4 fully saturated rings. The van der Waals surface area contributed by atoms with Crippen LogP contribution in [0.5, 0.6) is 0 Å². The molecule has 2 aromatic rings. The summed E-state index contributed by atoms with van der Waals surface area (Å²) in [6.07, 6.45) is 0.149. The van der Waals surface area contributed by atoms with E-state index in [0.29, 0.717) is 29.3 Å². The Kier molecular flexibility index (Phi) is 6.31. The number of hydrogen-bond acceptors (Lipinski definition) is 4. The first-order valence-corrected chi connectivity index (χ1v) is 13.6. The van der Waals surface area contributed by atoms with Gasteiger partial charge in [0.25, 0.3) is 0 Å². The lowest BCUT2D eigenvalue weighted by Crippen LogP contribution is -2.57. The molecule has 4 heterocycles. The van der Waals surface area contributed by atoms with E-state index in [4.69, 9.17) is 11.6 Å². The minimum absolute atomic E-state index is 0.0696. The van der Waals surface area contributed by atoms with Gasteiger partial charge in [0, 0.05) is 48.7 Å². The van der Waals surface area contributed by atoms with Crippen molar-refractivity contribution in [3.8, 4) is 0 Å². The number of likely N-dealkylation sites (N-methyl/N-ethyl adjacent to an activating group) is 1. The molecular formula is C27H33ClF3N5O. The Bertz CT molecular complexity index is 1180. The number of aryl methyl sites for hydroxylation is 1. The molecule has 1 aromatic heterocycles. The largest absolute Gasteiger partial charge is 0.433 e. The maximum absolute atomic E-state index is 13.8. The van der Waals surface area contributed by atoms with Crippen LogP contribution in [0.15, 0.2) is 24.3 Å². The molecule has 4 atom stereocenters. The summed E-state index contributed by atoms with van der Waals surface area (Å²) in [7, 11) is 2.15. The molecule has 2 unspecified atom stereocenters. The van der Waals surface area contributed by atoms with Gasteiger partial charge in [-0.1, -0.05) is 29.8 Å². The van der Waals surface area contributed by atoms with Crippen LogP contribution in [0, 0.1) is 6.92 Å². The minimum Gasteiger partial charge on any atom is -0.332 e. The summed E-state index contributed by atoms with van der Waals surface area (Å²) in [4.78, 5) is 20.5. The molecule has 3 saturated heterocycles. The van der Waals surface area contributed by atoms with E-state index >= 15 is 0 Å². The molecule has 0 N–H and O–H groups in total. The summed E-state index contributed by atoms with van der Waals surface area (Å²) in [6, 6.07) is 7.59. The molecule has 1 saturated carbocycles. The third-order valence-electron chi connectivity index (χ3n) is 8.70. The molecule has 6 rings (SSSR count). The van der Waals surface area contributed by atoms with Crippen LogP contribution in [-0.2, 0) is 17.5 Å². The van der Waals surface area contributed by atoms with Crippen molar-refractivity contribution in [3.63, 3.8) is 0 Å². The van der Waals surface area contributed by atoms with Gasteiger partial charge in [0.1, 0.15) is 12.2 Å². The van der Waals surface area contributed by atoms with Crippen molar-refractivity contribution in [2.45, 2.75) is 81.8 Å². The van der Waals surface area contributed by atoms with Crippen LogP contribution >= 0.6 is 11.6 Å². The number of rotatable bonds is 5. The third-order valence-corrected chi connectivity index (χ3v) is 9.22. The summed E-state index contributed by atoms with van der Waals surface area (Å²) >= 11 is 6.82. The quantitative estimate of drug-likeness (QED) is 0.548. The highest BCUT2D eigenvalue weighted by molar-refractivity contribution is 6.32. The van der Waals surface area contributed by atoms with Crippen molar-refractivity contribution in [2.24, 2.45) is 0 Å². The Hall–Kier alpha value is -2.10. The van der Waals surface area contributed by atoms with Crippen LogP contribution in [0.25, 0.3) is 0 Å². The number of fused-ring (bicyclic) bond motifs is 2. The fourth-order valence-corrected chi connectivity index (χ4v) is 7.15. The topological polar surface area (TPSA) is 44.6 Å². The molecule has 4 aliphatic rings. The summed E-state index contributed by atoms with van der Waals surface area (Å²) < 4.78 is 42.4. The molecule has 200 valence electrons. The molecule has 0 radical (unpaired) electrons. The number of carbonyl (C=O) groups excluding carboxylic acids is 1. The van der Waals surface area contributed by atoms with Gasteiger partial charge in [0.15, 0.2) is 0 Å². The predicted octanol–water partition coefficient (Wildman–Crippen LogP) is 4.86. The van der Waals surface area contributed by atoms with E-state index in [-0.39, 0.29) is 23.9 Å². The fraction of sp³-hybridized carbons (Fsp3) is 0.630. The Balaban J connectivity index is 1.33. The smallest absolute Gasteiger partial charge is 0.332 e. The lowest BCUT2D eigenvalue weighted by molar-refractivity contribution is -0.146. The number of aromatic nitrogens is 2. The van der Waals surface area contributed by atoms with Gasteiger partial charge in [-0.25, -0.2) is 0 Å². The zero-order valence-corrected chi connectivity index (χ0v) is 22.0. The molecule has 2 bridgehead atoms. The Labute approximate surface area is 220 Å². The SMILES string of the molecule is Cc1cccc([C@H]2[C@@H](N3C4CCC3CN(C)C4)CCN2C(=O)Cn2nc(C3CC3)cc2C(F)(F)F)c1Cl. The first-order valence-electron chi connectivity index (χ1n) is 13.3. The highest BCUT2D eigenvalue weighted by Crippen LogP contribution is 2.45. The van der Waals surface area contributed by atoms with Crippen LogP contribution in [0.3, 0.4) is 0 Å². The van der Waals surface area contributed by atoms with E-state index in [2.05, 4.69) is 21.9 Å². The maximum Gasteiger partial charge on any atom is 0.433 e. The van der Waals surface area contributed by atoms with E-state index < -0.39 is 18.4 Å². The molecule has 0 spiro atoms. The Morgan fingerprint density at radius 2 is 1.81 bits per heavy atom. The normalized spacial score (nSPS) is 28.9. The molecule has 1 aromatic carbocycles. The molecule has 3 aliphatic heterocycles. The Morgan fingerprint density at radius 1 is 1.11 bits per heavy atom. The van der Waals surface area contributed by atoms with Gasteiger partial charge in [0.05, 0.1) is 11.7 Å². The van der Waals surface area contributed by atoms with Crippen LogP contribution in [0.1, 0.15) is 66.6 Å². The second-order valence-corrected chi connectivity index (χ2v) is 11.7. The average Bonchev–Trinajstić information content (AvgIpc) is 3.35. The first kappa shape index (κ1) is 25.2. The fourth-order valence-electron chi connectivity index (χ4n) is 6.91. The van der Waals surface area contributed by atoms with E-state index in [1.807, 2.05) is 25.1 Å². The van der Waals surface area contributed by atoms with E-state index in [1.54, 1.807) is 4.90 Å². The maximum atomic E-state index is 13.8. The van der Waals surface area contributed by atoms with Crippen LogP contribution < -0.4 is 0 Å². The molecule has 6 nitrogen and oxygen atoms in total. The van der Waals surface area contributed by atoms with Gasteiger partial charge in [-0.3, -0.25) is 14.4 Å². The van der Waals surface area contributed by atoms with Gasteiger partial charge in [0.2, 0.25) is 5.91 Å². The van der Waals surface area contributed by atoms with Crippen molar-refractivity contribution in [1.29, 1.82) is 0 Å². The number of hydrogen-bond donors (Lipinski definition) is 0. The zero-order valence-electron chi connectivity index (χ0n) is 21.2. The second-order valence-electron chi connectivity index (χ2n) is 11.3. The lowest BCUT2D eigenvalue weighted by atomic mass is 9.95. The van der Waals surface area contributed by atoms with E-state index in [0.717, 1.165) is 67.1 Å². The zero-order chi connectivity index (χ0) is 26.1. The highest BCUT2D eigenvalue weighted by atomic mass is 35.5. The van der Waals surface area contributed by atoms with Gasteiger partial charge in [-0.2, -0.15) is 18.3 Å². The first-order chi connectivity index (χ1) is 17.6. The summed E-state index contributed by atoms with van der Waals surface area (Å²) in [5.41, 5.74) is 1.40. The number of nitrogens with zero attached hydrogens (tertiary/aromatic N) is 5. The van der Waals surface area contributed by atoms with Crippen molar-refractivity contribution in [3.05, 3.63) is 51.8 Å². The number of piperazine rings is 1. The number of halogens is 4. The molecule has 10 heteroatoms. The minimum atomic E-state index is -4.56. The van der Waals surface area contributed by atoms with Crippen LogP contribution in [-0.4, -0.2) is 75.2 Å². The molecule has 37 heavy (non-hydrogen) atoms. The van der Waals surface area contributed by atoms with Gasteiger partial charge in [-0.05, 0) is 63.3 Å². The van der Waals surface area contributed by atoms with E-state index in [1.165, 1.54) is 0 Å². The molecule has 1 amide bonds. The summed E-state index contributed by atoms with van der Waals surface area (Å²) in [5.74, 6) is -0.275. The van der Waals surface area contributed by atoms with Gasteiger partial charge < -0.3 is 9.80 Å². The number of alkyl halides is 3. The monoisotopic (exact) mass is 535 g/mol.